The molecule has 5 heterocycles. The highest BCUT2D eigenvalue weighted by Gasteiger charge is 2.33. The molecule has 0 unspecified atom stereocenters. The number of piperazine rings is 1. The van der Waals surface area contributed by atoms with Gasteiger partial charge in [0.15, 0.2) is 0 Å². The summed E-state index contributed by atoms with van der Waals surface area (Å²) in [6, 6.07) is 0. The van der Waals surface area contributed by atoms with Crippen LogP contribution in [0.25, 0.3) is 0 Å². The Kier molecular flexibility index (Phi) is 8.24. The highest BCUT2D eigenvalue weighted by molar-refractivity contribution is 8.13. The van der Waals surface area contributed by atoms with E-state index >= 15 is 0 Å². The Morgan fingerprint density at radius 3 is 1.50 bits per heavy atom. The van der Waals surface area contributed by atoms with E-state index in [-0.39, 0.29) is 10.5 Å². The van der Waals surface area contributed by atoms with E-state index in [1.54, 1.807) is 22.2 Å². The lowest BCUT2D eigenvalue weighted by Crippen LogP contribution is -2.48. The molecule has 40 heavy (non-hydrogen) atoms. The number of aromatic nitrogens is 2. The summed E-state index contributed by atoms with van der Waals surface area (Å²) in [5.74, 6) is 1.06. The minimum atomic E-state index is -0.702. The molecule has 0 aromatic carbocycles. The molecule has 3 aliphatic rings. The van der Waals surface area contributed by atoms with Crippen LogP contribution < -0.4 is 9.47 Å². The summed E-state index contributed by atoms with van der Waals surface area (Å²) in [5, 5.41) is -0.0142. The molecule has 5 rings (SSSR count). The van der Waals surface area contributed by atoms with Crippen LogP contribution in [-0.2, 0) is 34.2 Å². The van der Waals surface area contributed by atoms with E-state index in [1.165, 1.54) is 23.5 Å². The lowest BCUT2D eigenvalue weighted by molar-refractivity contribution is -0.181. The number of rotatable bonds is 4. The lowest BCUT2D eigenvalue weighted by Gasteiger charge is -2.35. The van der Waals surface area contributed by atoms with Crippen LogP contribution in [0.1, 0.15) is 61.3 Å². The van der Waals surface area contributed by atoms with Crippen molar-refractivity contribution in [3.63, 3.8) is 0 Å². The van der Waals surface area contributed by atoms with Crippen molar-refractivity contribution < 1.29 is 28.5 Å². The van der Waals surface area contributed by atoms with Gasteiger partial charge >= 0.3 is 0 Å². The van der Waals surface area contributed by atoms with Gasteiger partial charge in [-0.3, -0.25) is 19.6 Å². The summed E-state index contributed by atoms with van der Waals surface area (Å²) in [5.41, 5.74) is 5.40. The largest absolute Gasteiger partial charge is 0.461 e. The molecular formula is C28H36N4O6S2. The second-order valence-electron chi connectivity index (χ2n) is 11.0. The molecule has 10 nitrogen and oxygen atoms in total. The van der Waals surface area contributed by atoms with E-state index in [1.807, 2.05) is 41.5 Å². The number of hydrogen-bond donors (Lipinski definition) is 0. The number of aryl methyl sites for hydroxylation is 2. The molecule has 2 aromatic heterocycles. The molecule has 0 radical (unpaired) electrons. The number of amides is 2. The molecule has 1 saturated heterocycles. The third kappa shape index (κ3) is 6.35. The van der Waals surface area contributed by atoms with Gasteiger partial charge in [-0.15, -0.1) is 0 Å². The van der Waals surface area contributed by atoms with Gasteiger partial charge in [-0.05, 0) is 25.0 Å². The average molecular weight is 589 g/mol. The van der Waals surface area contributed by atoms with E-state index in [0.29, 0.717) is 50.9 Å². The van der Waals surface area contributed by atoms with E-state index in [4.69, 9.17) is 18.9 Å². The number of ether oxygens (including phenoxy) is 4. The van der Waals surface area contributed by atoms with Crippen molar-refractivity contribution in [3.8, 4) is 11.5 Å². The van der Waals surface area contributed by atoms with E-state index in [9.17, 15) is 9.59 Å². The zero-order chi connectivity index (χ0) is 28.7. The monoisotopic (exact) mass is 588 g/mol. The zero-order valence-electron chi connectivity index (χ0n) is 23.9. The van der Waals surface area contributed by atoms with Crippen molar-refractivity contribution in [2.45, 2.75) is 77.8 Å². The predicted octanol–water partition coefficient (Wildman–Crippen LogP) is 5.41. The first-order valence-electron chi connectivity index (χ1n) is 13.4. The number of hydrogen-bond acceptors (Lipinski definition) is 10. The molecule has 0 saturated carbocycles. The summed E-state index contributed by atoms with van der Waals surface area (Å²) >= 11 is 2.48. The van der Waals surface area contributed by atoms with Crippen LogP contribution in [-0.4, -0.2) is 68.0 Å². The Morgan fingerprint density at radius 1 is 0.750 bits per heavy atom. The molecule has 0 aliphatic carbocycles. The lowest BCUT2D eigenvalue weighted by atomic mass is 10.1. The van der Waals surface area contributed by atoms with Crippen LogP contribution >= 0.6 is 23.5 Å². The molecule has 0 spiro atoms. The van der Waals surface area contributed by atoms with Crippen LogP contribution in [0.4, 0.5) is 9.59 Å². The quantitative estimate of drug-likeness (QED) is 0.461. The van der Waals surface area contributed by atoms with Gasteiger partial charge in [0.1, 0.15) is 11.5 Å². The first-order chi connectivity index (χ1) is 18.9. The maximum absolute atomic E-state index is 13.0. The first kappa shape index (κ1) is 29.0. The molecule has 0 N–H and O–H groups in total. The van der Waals surface area contributed by atoms with Crippen LogP contribution in [0.2, 0.25) is 0 Å². The van der Waals surface area contributed by atoms with E-state index in [2.05, 4.69) is 9.97 Å². The number of carbonyl (C=O) groups excluding carboxylic acids is 2. The number of fused-ring (bicyclic) bond motifs is 2. The highest BCUT2D eigenvalue weighted by atomic mass is 32.2. The number of nitrogens with zero attached hydrogens (tertiary/aromatic N) is 4. The molecular weight excluding hydrogens is 552 g/mol. The molecule has 216 valence electrons. The van der Waals surface area contributed by atoms with Gasteiger partial charge < -0.3 is 28.7 Å². The zero-order valence-corrected chi connectivity index (χ0v) is 25.5. The Balaban J connectivity index is 1.11. The van der Waals surface area contributed by atoms with E-state index < -0.39 is 11.6 Å². The van der Waals surface area contributed by atoms with Crippen molar-refractivity contribution in [2.24, 2.45) is 0 Å². The Hall–Kier alpha value is -2.54. The van der Waals surface area contributed by atoms with Crippen molar-refractivity contribution in [2.75, 3.05) is 26.2 Å². The second-order valence-corrected chi connectivity index (χ2v) is 12.9. The summed E-state index contributed by atoms with van der Waals surface area (Å²) in [4.78, 5) is 38.5. The smallest absolute Gasteiger partial charge is 0.282 e. The third-order valence-electron chi connectivity index (χ3n) is 7.13. The van der Waals surface area contributed by atoms with E-state index in [0.717, 1.165) is 45.1 Å². The number of pyridine rings is 2. The highest BCUT2D eigenvalue weighted by Crippen LogP contribution is 2.38. The Morgan fingerprint density at radius 2 is 1.12 bits per heavy atom. The second kappa shape index (κ2) is 11.4. The summed E-state index contributed by atoms with van der Waals surface area (Å²) in [6.07, 6.45) is 3.60. The van der Waals surface area contributed by atoms with Crippen molar-refractivity contribution >= 4 is 34.0 Å². The maximum Gasteiger partial charge on any atom is 0.282 e. The van der Waals surface area contributed by atoms with Crippen LogP contribution in [0.5, 0.6) is 11.5 Å². The van der Waals surface area contributed by atoms with Crippen LogP contribution in [0.15, 0.2) is 12.4 Å². The number of thioether (sulfide) groups is 2. The van der Waals surface area contributed by atoms with Gasteiger partial charge in [-0.2, -0.15) is 0 Å². The van der Waals surface area contributed by atoms with Crippen LogP contribution in [0.3, 0.4) is 0 Å². The fourth-order valence-electron chi connectivity index (χ4n) is 4.76. The fraction of sp³-hybridized carbons (Fsp3) is 0.571. The molecule has 12 heteroatoms. The predicted molar refractivity (Wildman–Crippen MR) is 153 cm³/mol. The van der Waals surface area contributed by atoms with Gasteiger partial charge in [0.05, 0.1) is 24.6 Å². The number of carbonyl (C=O) groups is 2. The van der Waals surface area contributed by atoms with Gasteiger partial charge in [0, 0.05) is 88.9 Å². The van der Waals surface area contributed by atoms with Gasteiger partial charge in [0.2, 0.25) is 11.6 Å². The van der Waals surface area contributed by atoms with Crippen molar-refractivity contribution in [1.82, 2.24) is 19.8 Å². The van der Waals surface area contributed by atoms with Gasteiger partial charge in [-0.25, -0.2) is 0 Å². The standard InChI is InChI=1S/C28H36N4O6S2/c1-17-23-21(13-35-27(3,4)37-23)19(11-29-17)15-39-25(33)31-7-9-32(10-8-31)26(34)40-16-20-12-30-18(2)24-22(20)14-36-28(5,6)38-24/h11-12H,7-10,13-16H2,1-6H3. The summed E-state index contributed by atoms with van der Waals surface area (Å²) in [6.45, 7) is 14.2. The normalized spacial score (nSPS) is 19.2. The SMILES string of the molecule is Cc1ncc(CSC(=O)N2CCN(C(=O)SCc3cnc(C)c4c3COC(C)(C)O4)CC2)c2c1OC(C)(C)OC2. The maximum atomic E-state index is 13.0. The molecule has 1 fully saturated rings. The topological polar surface area (TPSA) is 103 Å². The summed E-state index contributed by atoms with van der Waals surface area (Å²) in [7, 11) is 0. The molecule has 0 atom stereocenters. The van der Waals surface area contributed by atoms with Crippen LogP contribution in [0, 0.1) is 13.8 Å². The summed E-state index contributed by atoms with van der Waals surface area (Å²) < 4.78 is 23.6. The Labute approximate surface area is 243 Å². The Bertz CT molecular complexity index is 1210. The fourth-order valence-corrected chi connectivity index (χ4v) is 6.55. The third-order valence-corrected chi connectivity index (χ3v) is 9.05. The molecule has 3 aliphatic heterocycles. The van der Waals surface area contributed by atoms with Gasteiger partial charge in [-0.1, -0.05) is 23.5 Å². The molecule has 0 bridgehead atoms. The van der Waals surface area contributed by atoms with Crippen molar-refractivity contribution in [3.05, 3.63) is 46.0 Å². The van der Waals surface area contributed by atoms with Crippen molar-refractivity contribution in [1.29, 1.82) is 0 Å². The van der Waals surface area contributed by atoms with Gasteiger partial charge in [0.25, 0.3) is 10.5 Å². The minimum absolute atomic E-state index is 0.00710. The minimum Gasteiger partial charge on any atom is -0.461 e. The first-order valence-corrected chi connectivity index (χ1v) is 15.3. The molecule has 2 amide bonds. The molecule has 2 aromatic rings. The average Bonchev–Trinajstić information content (AvgIpc) is 2.92.